The zero-order chi connectivity index (χ0) is 17.0. The average molecular weight is 319 g/mol. The first kappa shape index (κ1) is 16.3. The third kappa shape index (κ3) is 4.22. The summed E-state index contributed by atoms with van der Waals surface area (Å²) in [6.07, 6.45) is 2.40. The maximum atomic E-state index is 13.2. The smallest absolute Gasteiger partial charge is 0.191 e. The molecule has 6 nitrogen and oxygen atoms in total. The Balaban J connectivity index is 2.14. The van der Waals surface area contributed by atoms with Gasteiger partial charge in [-0.1, -0.05) is 0 Å². The molecule has 1 aromatic heterocycles. The molecule has 0 saturated heterocycles. The molecule has 3 N–H and O–H groups in total. The van der Waals surface area contributed by atoms with Crippen molar-refractivity contribution in [3.63, 3.8) is 0 Å². The molecule has 0 fully saturated rings. The van der Waals surface area contributed by atoms with Crippen LogP contribution < -0.4 is 10.2 Å². The van der Waals surface area contributed by atoms with Gasteiger partial charge >= 0.3 is 0 Å². The normalized spacial score (nSPS) is 11.2. The summed E-state index contributed by atoms with van der Waals surface area (Å²) in [4.78, 5) is 9.73. The van der Waals surface area contributed by atoms with Gasteiger partial charge in [0.25, 0.3) is 0 Å². The van der Waals surface area contributed by atoms with Gasteiger partial charge in [-0.05, 0) is 18.2 Å². The highest BCUT2D eigenvalue weighted by atomic mass is 19.2. The van der Waals surface area contributed by atoms with E-state index in [4.69, 9.17) is 5.41 Å². The number of aromatic nitrogens is 2. The molecule has 0 radical (unpaired) electrons. The van der Waals surface area contributed by atoms with Crippen LogP contribution in [-0.4, -0.2) is 34.9 Å². The maximum Gasteiger partial charge on any atom is 0.191 e. The van der Waals surface area contributed by atoms with Crippen LogP contribution in [0.5, 0.6) is 0 Å². The van der Waals surface area contributed by atoms with E-state index in [1.165, 1.54) is 12.4 Å². The van der Waals surface area contributed by atoms with Crippen molar-refractivity contribution in [1.82, 2.24) is 9.97 Å². The number of nitrogens with one attached hydrogen (secondary N) is 2. The van der Waals surface area contributed by atoms with Crippen molar-refractivity contribution >= 4 is 17.3 Å². The number of hydrogen-bond acceptors (Lipinski definition) is 6. The number of rotatable bonds is 5. The van der Waals surface area contributed by atoms with Gasteiger partial charge in [-0.2, -0.15) is 0 Å². The molecule has 0 amide bonds. The van der Waals surface area contributed by atoms with Crippen LogP contribution in [0.25, 0.3) is 0 Å². The standard InChI is InChI=1S/C15H15F2N5O/c1-22(2)14-7-13(19-8-20-14)21-15(23)6-12(18)9-3-4-10(16)11(17)5-9/h3-8,18,23H,1-2H3,(H,19,20,21)/b15-6+,18-12?. The van der Waals surface area contributed by atoms with E-state index in [9.17, 15) is 13.9 Å². The van der Waals surface area contributed by atoms with Gasteiger partial charge < -0.3 is 20.7 Å². The van der Waals surface area contributed by atoms with Gasteiger partial charge in [0.1, 0.15) is 18.0 Å². The quantitative estimate of drug-likeness (QED) is 0.583. The van der Waals surface area contributed by atoms with E-state index in [0.717, 1.165) is 18.2 Å². The highest BCUT2D eigenvalue weighted by Crippen LogP contribution is 2.13. The lowest BCUT2D eigenvalue weighted by molar-refractivity contribution is 0.420. The third-order valence-electron chi connectivity index (χ3n) is 2.88. The first-order valence-electron chi connectivity index (χ1n) is 6.58. The monoisotopic (exact) mass is 319 g/mol. The minimum absolute atomic E-state index is 0.133. The van der Waals surface area contributed by atoms with Crippen LogP contribution >= 0.6 is 0 Å². The van der Waals surface area contributed by atoms with E-state index in [1.807, 2.05) is 0 Å². The highest BCUT2D eigenvalue weighted by Gasteiger charge is 2.07. The van der Waals surface area contributed by atoms with Crippen LogP contribution in [0.1, 0.15) is 5.56 Å². The predicted molar refractivity (Wildman–Crippen MR) is 83.9 cm³/mol. The highest BCUT2D eigenvalue weighted by molar-refractivity contribution is 6.06. The molecule has 2 aromatic rings. The summed E-state index contributed by atoms with van der Waals surface area (Å²) < 4.78 is 26.0. The van der Waals surface area contributed by atoms with Crippen molar-refractivity contribution in [2.24, 2.45) is 0 Å². The van der Waals surface area contributed by atoms with Crippen molar-refractivity contribution in [2.75, 3.05) is 24.3 Å². The topological polar surface area (TPSA) is 85.1 Å². The summed E-state index contributed by atoms with van der Waals surface area (Å²) in [7, 11) is 3.61. The summed E-state index contributed by atoms with van der Waals surface area (Å²) in [5.41, 5.74) is -0.0512. The van der Waals surface area contributed by atoms with Crippen molar-refractivity contribution < 1.29 is 13.9 Å². The minimum atomic E-state index is -1.06. The largest absolute Gasteiger partial charge is 0.494 e. The van der Waals surface area contributed by atoms with Gasteiger partial charge in [-0.3, -0.25) is 0 Å². The van der Waals surface area contributed by atoms with Gasteiger partial charge in [0, 0.05) is 31.8 Å². The lowest BCUT2D eigenvalue weighted by atomic mass is 10.1. The van der Waals surface area contributed by atoms with Crippen molar-refractivity contribution in [1.29, 1.82) is 5.41 Å². The molecule has 1 aromatic carbocycles. The molecule has 0 bridgehead atoms. The Labute approximate surface area is 131 Å². The number of benzene rings is 1. The fourth-order valence-corrected chi connectivity index (χ4v) is 1.71. The van der Waals surface area contributed by atoms with Crippen molar-refractivity contribution in [3.8, 4) is 0 Å². The third-order valence-corrected chi connectivity index (χ3v) is 2.88. The maximum absolute atomic E-state index is 13.2. The molecular formula is C15H15F2N5O. The first-order valence-corrected chi connectivity index (χ1v) is 6.58. The Morgan fingerprint density at radius 1 is 1.22 bits per heavy atom. The second-order valence-corrected chi connectivity index (χ2v) is 4.85. The van der Waals surface area contributed by atoms with E-state index in [0.29, 0.717) is 11.6 Å². The molecule has 0 spiro atoms. The number of aliphatic hydroxyl groups excluding tert-OH is 1. The Hall–Kier alpha value is -3.03. The SMILES string of the molecule is CN(C)c1cc(N/C(O)=C\C(=N)c2ccc(F)c(F)c2)ncn1. The summed E-state index contributed by atoms with van der Waals surface area (Å²) in [6, 6.07) is 4.66. The molecule has 120 valence electrons. The molecule has 2 rings (SSSR count). The second-order valence-electron chi connectivity index (χ2n) is 4.85. The Kier molecular flexibility index (Phi) is 4.85. The molecule has 8 heteroatoms. The molecule has 23 heavy (non-hydrogen) atoms. The fraction of sp³-hybridized carbons (Fsp3) is 0.133. The molecule has 0 aliphatic carbocycles. The molecule has 0 unspecified atom stereocenters. The lowest BCUT2D eigenvalue weighted by Gasteiger charge is -2.12. The van der Waals surface area contributed by atoms with Crippen LogP contribution in [0, 0.1) is 17.0 Å². The van der Waals surface area contributed by atoms with Gasteiger partial charge in [0.15, 0.2) is 17.5 Å². The molecule has 0 aliphatic rings. The van der Waals surface area contributed by atoms with E-state index < -0.39 is 11.6 Å². The van der Waals surface area contributed by atoms with Gasteiger partial charge in [-0.25, -0.2) is 18.7 Å². The summed E-state index contributed by atoms with van der Waals surface area (Å²) in [5.74, 6) is -1.45. The fourth-order valence-electron chi connectivity index (χ4n) is 1.71. The number of anilines is 2. The molecular weight excluding hydrogens is 304 g/mol. The summed E-state index contributed by atoms with van der Waals surface area (Å²) in [6.45, 7) is 0. The van der Waals surface area contributed by atoms with Crippen LogP contribution in [-0.2, 0) is 0 Å². The van der Waals surface area contributed by atoms with Gasteiger partial charge in [0.2, 0.25) is 0 Å². The Bertz CT molecular complexity index is 761. The minimum Gasteiger partial charge on any atom is -0.494 e. The van der Waals surface area contributed by atoms with Crippen LogP contribution in [0.4, 0.5) is 20.4 Å². The molecule has 0 saturated carbocycles. The molecule has 0 aliphatic heterocycles. The number of nitrogens with zero attached hydrogens (tertiary/aromatic N) is 3. The lowest BCUT2D eigenvalue weighted by Crippen LogP contribution is -2.12. The zero-order valence-corrected chi connectivity index (χ0v) is 12.5. The molecule has 0 atom stereocenters. The van der Waals surface area contributed by atoms with Crippen LogP contribution in [0.15, 0.2) is 42.6 Å². The summed E-state index contributed by atoms with van der Waals surface area (Å²) in [5, 5.41) is 20.2. The van der Waals surface area contributed by atoms with E-state index >= 15 is 0 Å². The number of halogens is 2. The number of aliphatic hydroxyl groups is 1. The Morgan fingerprint density at radius 2 is 1.96 bits per heavy atom. The summed E-state index contributed by atoms with van der Waals surface area (Å²) >= 11 is 0. The average Bonchev–Trinajstić information content (AvgIpc) is 2.50. The van der Waals surface area contributed by atoms with E-state index in [-0.39, 0.29) is 17.2 Å². The van der Waals surface area contributed by atoms with Gasteiger partial charge in [0.05, 0.1) is 5.71 Å². The first-order chi connectivity index (χ1) is 10.9. The van der Waals surface area contributed by atoms with Crippen molar-refractivity contribution in [2.45, 2.75) is 0 Å². The van der Waals surface area contributed by atoms with E-state index in [1.54, 1.807) is 25.1 Å². The Morgan fingerprint density at radius 3 is 2.61 bits per heavy atom. The molecule has 1 heterocycles. The zero-order valence-electron chi connectivity index (χ0n) is 12.5. The van der Waals surface area contributed by atoms with E-state index in [2.05, 4.69) is 15.3 Å². The van der Waals surface area contributed by atoms with Crippen LogP contribution in [0.3, 0.4) is 0 Å². The number of hydrogen-bond donors (Lipinski definition) is 3. The van der Waals surface area contributed by atoms with Crippen molar-refractivity contribution in [3.05, 3.63) is 59.7 Å². The van der Waals surface area contributed by atoms with Gasteiger partial charge in [-0.15, -0.1) is 0 Å². The predicted octanol–water partition coefficient (Wildman–Crippen LogP) is 2.70. The second kappa shape index (κ2) is 6.82. The van der Waals surface area contributed by atoms with Crippen LogP contribution in [0.2, 0.25) is 0 Å². The number of allylic oxidation sites excluding steroid dienone is 1.